The average molecular weight is 602 g/mol. The van der Waals surface area contributed by atoms with Crippen molar-refractivity contribution in [2.45, 2.75) is 31.5 Å². The summed E-state index contributed by atoms with van der Waals surface area (Å²) in [6, 6.07) is 13.6. The number of hydrogen-bond acceptors (Lipinski definition) is 8. The number of benzene rings is 1. The smallest absolute Gasteiger partial charge is 0.278 e. The molecule has 0 aliphatic heterocycles. The summed E-state index contributed by atoms with van der Waals surface area (Å²) in [5.41, 5.74) is 1.98. The van der Waals surface area contributed by atoms with Gasteiger partial charge in [-0.3, -0.25) is 4.79 Å². The van der Waals surface area contributed by atoms with Crippen LogP contribution in [0.25, 0.3) is 27.8 Å². The third kappa shape index (κ3) is 5.24. The Labute approximate surface area is 249 Å². The van der Waals surface area contributed by atoms with Gasteiger partial charge in [0.15, 0.2) is 11.5 Å². The van der Waals surface area contributed by atoms with Gasteiger partial charge in [-0.25, -0.2) is 27.7 Å². The Morgan fingerprint density at radius 1 is 1.12 bits per heavy atom. The number of hydrogen-bond donors (Lipinski definition) is 1. The minimum Gasteiger partial charge on any atom is -0.346 e. The third-order valence-corrected chi connectivity index (χ3v) is 9.39. The lowest BCUT2D eigenvalue weighted by molar-refractivity contribution is 0.350. The summed E-state index contributed by atoms with van der Waals surface area (Å²) in [6.45, 7) is 5.88. The van der Waals surface area contributed by atoms with E-state index in [1.54, 1.807) is 23.9 Å². The number of fused-ring (bicyclic) bond motifs is 2. The predicted molar refractivity (Wildman–Crippen MR) is 168 cm³/mol. The maximum atomic E-state index is 13.4. The van der Waals surface area contributed by atoms with Crippen LogP contribution in [0.15, 0.2) is 72.3 Å². The Kier molecular flexibility index (Phi) is 7.19. The van der Waals surface area contributed by atoms with Crippen molar-refractivity contribution in [3.05, 3.63) is 83.6 Å². The standard InChI is InChI=1S/C30H35N9O3S/c1-6-15-38-28(40)23-20-31-29(32-22-10-11-24-21(19-22)12-16-37(24)18-17-35(2)3)34-27(23)39(38)26-9-7-8-25(33-26)30(13-14-30)36(4)43(5,41)42/h6-12,16,19-20H,1,13-15,17-18H2,2-5H3,(H,31,32,34). The first-order valence-corrected chi connectivity index (χ1v) is 15.9. The number of rotatable bonds is 11. The first kappa shape index (κ1) is 28.8. The van der Waals surface area contributed by atoms with Crippen LogP contribution in [-0.2, 0) is 28.7 Å². The minimum atomic E-state index is -3.44. The van der Waals surface area contributed by atoms with E-state index in [0.29, 0.717) is 41.3 Å². The number of nitrogens with zero attached hydrogens (tertiary/aromatic N) is 8. The second kappa shape index (κ2) is 10.7. The SMILES string of the molecule is C=CCn1c(=O)c2cnc(Nc3ccc4c(ccn4CCN(C)C)c3)nc2n1-c1cccc(C2(N(C)S(C)(=O)=O)CC2)n1. The summed E-state index contributed by atoms with van der Waals surface area (Å²) in [7, 11) is 2.26. The highest BCUT2D eigenvalue weighted by Gasteiger charge is 2.52. The lowest BCUT2D eigenvalue weighted by Gasteiger charge is -2.25. The summed E-state index contributed by atoms with van der Waals surface area (Å²) >= 11 is 0. The molecule has 4 heterocycles. The van der Waals surface area contributed by atoms with Gasteiger partial charge >= 0.3 is 0 Å². The second-order valence-electron chi connectivity index (χ2n) is 11.3. The zero-order valence-corrected chi connectivity index (χ0v) is 25.5. The van der Waals surface area contributed by atoms with E-state index in [-0.39, 0.29) is 12.1 Å². The van der Waals surface area contributed by atoms with Gasteiger partial charge in [0.05, 0.1) is 24.0 Å². The van der Waals surface area contributed by atoms with Gasteiger partial charge in [0.1, 0.15) is 5.39 Å². The Morgan fingerprint density at radius 2 is 1.91 bits per heavy atom. The molecule has 0 amide bonds. The van der Waals surface area contributed by atoms with Crippen LogP contribution in [0.1, 0.15) is 18.5 Å². The maximum absolute atomic E-state index is 13.4. The molecule has 0 unspecified atom stereocenters. The van der Waals surface area contributed by atoms with Crippen LogP contribution in [0.3, 0.4) is 0 Å². The molecule has 0 bridgehead atoms. The number of aromatic nitrogens is 6. The molecule has 1 aromatic carbocycles. The molecule has 224 valence electrons. The lowest BCUT2D eigenvalue weighted by Crippen LogP contribution is -2.37. The molecule has 0 atom stereocenters. The van der Waals surface area contributed by atoms with Crippen LogP contribution in [0.2, 0.25) is 0 Å². The molecule has 43 heavy (non-hydrogen) atoms. The normalized spacial score (nSPS) is 14.7. The van der Waals surface area contributed by atoms with Crippen LogP contribution in [0.5, 0.6) is 0 Å². The number of sulfonamides is 1. The fourth-order valence-corrected chi connectivity index (χ4v) is 6.40. The van der Waals surface area contributed by atoms with Gasteiger partial charge in [-0.1, -0.05) is 12.1 Å². The van der Waals surface area contributed by atoms with Crippen molar-refractivity contribution < 1.29 is 8.42 Å². The maximum Gasteiger partial charge on any atom is 0.278 e. The van der Waals surface area contributed by atoms with Crippen molar-refractivity contribution in [2.75, 3.05) is 39.3 Å². The van der Waals surface area contributed by atoms with Crippen LogP contribution in [0.4, 0.5) is 11.6 Å². The molecule has 13 heteroatoms. The fraction of sp³-hybridized carbons (Fsp3) is 0.333. The average Bonchev–Trinajstić information content (AvgIpc) is 3.62. The van der Waals surface area contributed by atoms with E-state index in [1.807, 2.05) is 24.3 Å². The third-order valence-electron chi connectivity index (χ3n) is 8.04. The molecule has 1 N–H and O–H groups in total. The monoisotopic (exact) mass is 601 g/mol. The van der Waals surface area contributed by atoms with Crippen molar-refractivity contribution in [3.63, 3.8) is 0 Å². The Morgan fingerprint density at radius 3 is 2.60 bits per heavy atom. The van der Waals surface area contributed by atoms with Crippen LogP contribution in [-0.4, -0.2) is 80.4 Å². The molecule has 1 aliphatic carbocycles. The van der Waals surface area contributed by atoms with E-state index >= 15 is 0 Å². The Hall–Kier alpha value is -4.33. The summed E-state index contributed by atoms with van der Waals surface area (Å²) in [5.74, 6) is 0.778. The highest BCUT2D eigenvalue weighted by atomic mass is 32.2. The summed E-state index contributed by atoms with van der Waals surface area (Å²) < 4.78 is 31.5. The molecular weight excluding hydrogens is 566 g/mol. The van der Waals surface area contributed by atoms with Crippen molar-refractivity contribution >= 4 is 43.6 Å². The molecule has 6 rings (SSSR count). The minimum absolute atomic E-state index is 0.222. The molecule has 12 nitrogen and oxygen atoms in total. The first-order valence-electron chi connectivity index (χ1n) is 14.0. The topological polar surface area (TPSA) is 123 Å². The van der Waals surface area contributed by atoms with Crippen molar-refractivity contribution in [3.8, 4) is 5.82 Å². The van der Waals surface area contributed by atoms with Crippen molar-refractivity contribution in [2.24, 2.45) is 0 Å². The highest BCUT2D eigenvalue weighted by molar-refractivity contribution is 7.88. The zero-order chi connectivity index (χ0) is 30.5. The number of nitrogens with one attached hydrogen (secondary N) is 1. The fourth-order valence-electron chi connectivity index (χ4n) is 5.49. The van der Waals surface area contributed by atoms with E-state index in [1.165, 1.54) is 21.4 Å². The molecule has 0 saturated heterocycles. The van der Waals surface area contributed by atoms with Crippen LogP contribution in [0, 0.1) is 0 Å². The Bertz CT molecular complexity index is 2020. The number of anilines is 2. The second-order valence-corrected chi connectivity index (χ2v) is 13.3. The largest absolute Gasteiger partial charge is 0.346 e. The molecule has 4 aromatic heterocycles. The number of pyridine rings is 1. The van der Waals surface area contributed by atoms with Crippen molar-refractivity contribution in [1.82, 2.24) is 38.1 Å². The molecule has 1 aliphatic rings. The molecule has 0 spiro atoms. The van der Waals surface area contributed by atoms with Gasteiger partial charge in [0, 0.05) is 49.1 Å². The number of allylic oxidation sites excluding steroid dienone is 1. The van der Waals surface area contributed by atoms with E-state index in [0.717, 1.165) is 29.7 Å². The highest BCUT2D eigenvalue weighted by Crippen LogP contribution is 2.50. The van der Waals surface area contributed by atoms with Gasteiger partial charge in [-0.05, 0) is 63.3 Å². The van der Waals surface area contributed by atoms with E-state index in [2.05, 4.69) is 58.8 Å². The molecular formula is C30H35N9O3S. The molecule has 1 fully saturated rings. The predicted octanol–water partition coefficient (Wildman–Crippen LogP) is 3.30. The molecule has 0 radical (unpaired) electrons. The van der Waals surface area contributed by atoms with Gasteiger partial charge < -0.3 is 14.8 Å². The molecule has 1 saturated carbocycles. The van der Waals surface area contributed by atoms with E-state index in [4.69, 9.17) is 9.97 Å². The lowest BCUT2D eigenvalue weighted by atomic mass is 10.1. The van der Waals surface area contributed by atoms with E-state index in [9.17, 15) is 13.2 Å². The van der Waals surface area contributed by atoms with Gasteiger partial charge in [0.25, 0.3) is 5.56 Å². The summed E-state index contributed by atoms with van der Waals surface area (Å²) in [5, 5.41) is 4.71. The quantitative estimate of drug-likeness (QED) is 0.229. The van der Waals surface area contributed by atoms with Crippen LogP contribution >= 0.6 is 0 Å². The first-order chi connectivity index (χ1) is 20.5. The van der Waals surface area contributed by atoms with E-state index < -0.39 is 15.6 Å². The van der Waals surface area contributed by atoms with Crippen LogP contribution < -0.4 is 10.9 Å². The molecule has 5 aromatic rings. The Balaban J connectivity index is 1.39. The van der Waals surface area contributed by atoms with Gasteiger partial charge in [-0.2, -0.15) is 9.29 Å². The van der Waals surface area contributed by atoms with Gasteiger partial charge in [-0.15, -0.1) is 6.58 Å². The summed E-state index contributed by atoms with van der Waals surface area (Å²) in [6.07, 6.45) is 7.76. The van der Waals surface area contributed by atoms with Gasteiger partial charge in [0.2, 0.25) is 16.0 Å². The summed E-state index contributed by atoms with van der Waals surface area (Å²) in [4.78, 5) is 29.7. The van der Waals surface area contributed by atoms with Crippen molar-refractivity contribution in [1.29, 1.82) is 0 Å². The number of likely N-dealkylation sites (N-methyl/N-ethyl adjacent to an activating group) is 1. The zero-order valence-electron chi connectivity index (χ0n) is 24.7.